The average molecular weight is 375 g/mol. The molecule has 146 valence electrons. The largest absolute Gasteiger partial charge is 0.481 e. The van der Waals surface area contributed by atoms with Crippen molar-refractivity contribution in [3.63, 3.8) is 0 Å². The van der Waals surface area contributed by atoms with Crippen molar-refractivity contribution >= 4 is 28.3 Å². The van der Waals surface area contributed by atoms with E-state index in [-0.39, 0.29) is 30.8 Å². The molecule has 0 amide bonds. The van der Waals surface area contributed by atoms with E-state index < -0.39 is 46.7 Å². The van der Waals surface area contributed by atoms with E-state index >= 15 is 0 Å². The van der Waals surface area contributed by atoms with Crippen molar-refractivity contribution in [2.24, 2.45) is 0 Å². The molecule has 0 aliphatic rings. The molecule has 0 aliphatic carbocycles. The monoisotopic (exact) mass is 375 g/mol. The summed E-state index contributed by atoms with van der Waals surface area (Å²) in [4.78, 5) is 30.5. The second kappa shape index (κ2) is 16.4. The summed E-state index contributed by atoms with van der Waals surface area (Å²) in [7, 11) is -4.67. The highest BCUT2D eigenvalue weighted by Gasteiger charge is 2.40. The fourth-order valence-electron chi connectivity index (χ4n) is 0.714. The quantitative estimate of drug-likeness (QED) is 0.254. The number of aliphatic hydroxyl groups is 1. The first-order chi connectivity index (χ1) is 7.78. The molecule has 0 bridgehead atoms. The van der Waals surface area contributed by atoms with Crippen LogP contribution in [0.1, 0.15) is 12.8 Å². The van der Waals surface area contributed by atoms with Gasteiger partial charge in [0.25, 0.3) is 0 Å². The van der Waals surface area contributed by atoms with Crippen LogP contribution in [0.3, 0.4) is 0 Å². The van der Waals surface area contributed by atoms with Crippen LogP contribution in [0.5, 0.6) is 0 Å². The van der Waals surface area contributed by atoms with Crippen LogP contribution in [0.15, 0.2) is 0 Å². The molecule has 0 aromatic rings. The van der Waals surface area contributed by atoms with E-state index in [1.807, 2.05) is 0 Å². The van der Waals surface area contributed by atoms with Crippen molar-refractivity contribution < 1.29 is 52.3 Å². The van der Waals surface area contributed by atoms with Gasteiger partial charge in [0.1, 0.15) is 0 Å². The normalized spacial score (nSPS) is 8.65. The third kappa shape index (κ3) is 33.1. The minimum Gasteiger partial charge on any atom is -0.481 e. The summed E-state index contributed by atoms with van der Waals surface area (Å²) in [5.41, 5.74) is -2.74. The molecule has 0 unspecified atom stereocenters. The van der Waals surface area contributed by atoms with Gasteiger partial charge in [-0.05, 0) is 0 Å². The second-order valence-corrected chi connectivity index (χ2v) is 3.82. The van der Waals surface area contributed by atoms with Crippen molar-refractivity contribution in [2.45, 2.75) is 18.4 Å². The molecule has 0 aromatic heterocycles. The van der Waals surface area contributed by atoms with Gasteiger partial charge in [-0.3, -0.25) is 18.7 Å². The van der Waals surface area contributed by atoms with Crippen LogP contribution in [0, 0.1) is 0 Å². The molecule has 0 aromatic carbocycles. The molecule has 0 saturated carbocycles. The summed E-state index contributed by atoms with van der Waals surface area (Å²) in [5.74, 6) is -5.02. The Morgan fingerprint density at radius 2 is 0.913 bits per heavy atom. The van der Waals surface area contributed by atoms with Gasteiger partial charge in [-0.1, -0.05) is 0 Å². The number of carboxylic acids is 3. The van der Waals surface area contributed by atoms with E-state index in [9.17, 15) is 14.4 Å². The number of carboxylic acid groups (broad SMARTS) is 3. The Hall–Kier alpha value is -1.96. The zero-order valence-corrected chi connectivity index (χ0v) is 12.9. The van der Waals surface area contributed by atoms with Crippen LogP contribution in [0.4, 0.5) is 0 Å². The molecule has 0 spiro atoms. The van der Waals surface area contributed by atoms with Gasteiger partial charge < -0.3 is 51.2 Å². The molecule has 0 fully saturated rings. The maximum Gasteiger partial charge on any atom is 0.394 e. The Morgan fingerprint density at radius 1 is 0.739 bits per heavy atom. The SMILES string of the molecule is N.N.N.N.N.O=C(O)CC(O)(CC(=O)O)C(=O)O.O=S(=O)(O)O. The predicted molar refractivity (Wildman–Crippen MR) is 76.4 cm³/mol. The van der Waals surface area contributed by atoms with Crippen LogP contribution in [0.2, 0.25) is 0 Å². The summed E-state index contributed by atoms with van der Waals surface area (Å²) in [6.45, 7) is 0. The molecule has 0 saturated heterocycles. The fraction of sp³-hybridized carbons (Fsp3) is 0.500. The first-order valence-corrected chi connectivity index (χ1v) is 5.27. The lowest BCUT2D eigenvalue weighted by Gasteiger charge is -2.18. The first kappa shape index (κ1) is 42.9. The molecule has 0 aliphatic heterocycles. The Morgan fingerprint density at radius 3 is 1.00 bits per heavy atom. The highest BCUT2D eigenvalue weighted by molar-refractivity contribution is 7.79. The van der Waals surface area contributed by atoms with Gasteiger partial charge in [0.05, 0.1) is 12.8 Å². The molecule has 0 heterocycles. The van der Waals surface area contributed by atoms with Gasteiger partial charge in [-0.25, -0.2) is 4.79 Å². The Bertz CT molecular complexity index is 414. The highest BCUT2D eigenvalue weighted by Crippen LogP contribution is 2.15. The number of hydrogen-bond acceptors (Lipinski definition) is 11. The Labute approximate surface area is 131 Å². The maximum absolute atomic E-state index is 10.3. The summed E-state index contributed by atoms with van der Waals surface area (Å²) in [6.07, 6.45) is -2.29. The third-order valence-corrected chi connectivity index (χ3v) is 1.29. The Kier molecular flexibility index (Phi) is 30.6. The summed E-state index contributed by atoms with van der Waals surface area (Å²) in [5, 5.41) is 33.8. The summed E-state index contributed by atoms with van der Waals surface area (Å²) >= 11 is 0. The molecule has 0 radical (unpaired) electrons. The van der Waals surface area contributed by atoms with Crippen molar-refractivity contribution in [2.75, 3.05) is 0 Å². The zero-order chi connectivity index (χ0) is 15.1. The van der Waals surface area contributed by atoms with Crippen LogP contribution >= 0.6 is 0 Å². The number of hydrogen-bond donors (Lipinski definition) is 11. The van der Waals surface area contributed by atoms with Gasteiger partial charge in [-0.2, -0.15) is 8.42 Å². The smallest absolute Gasteiger partial charge is 0.394 e. The van der Waals surface area contributed by atoms with Gasteiger partial charge >= 0.3 is 28.3 Å². The van der Waals surface area contributed by atoms with Crippen molar-refractivity contribution in [3.05, 3.63) is 0 Å². The van der Waals surface area contributed by atoms with E-state index in [0.29, 0.717) is 0 Å². The van der Waals surface area contributed by atoms with Crippen molar-refractivity contribution in [1.82, 2.24) is 30.8 Å². The lowest BCUT2D eigenvalue weighted by atomic mass is 9.96. The molecule has 0 rings (SSSR count). The maximum atomic E-state index is 10.3. The van der Waals surface area contributed by atoms with Crippen molar-refractivity contribution in [3.8, 4) is 0 Å². The predicted octanol–water partition coefficient (Wildman–Crippen LogP) is -1.09. The molecular weight excluding hydrogens is 350 g/mol. The highest BCUT2D eigenvalue weighted by atomic mass is 32.3. The molecule has 0 atom stereocenters. The first-order valence-electron chi connectivity index (χ1n) is 3.87. The van der Waals surface area contributed by atoms with Crippen LogP contribution in [-0.2, 0) is 24.8 Å². The lowest BCUT2D eigenvalue weighted by Crippen LogP contribution is -2.42. The summed E-state index contributed by atoms with van der Waals surface area (Å²) in [6, 6.07) is 0. The van der Waals surface area contributed by atoms with Gasteiger partial charge in [-0.15, -0.1) is 0 Å². The van der Waals surface area contributed by atoms with Crippen LogP contribution in [0.25, 0.3) is 0 Å². The number of rotatable bonds is 5. The molecule has 23 heavy (non-hydrogen) atoms. The zero-order valence-electron chi connectivity index (χ0n) is 12.1. The minimum absolute atomic E-state index is 0. The van der Waals surface area contributed by atoms with Crippen LogP contribution < -0.4 is 30.8 Å². The summed E-state index contributed by atoms with van der Waals surface area (Å²) < 4.78 is 31.6. The lowest BCUT2D eigenvalue weighted by molar-refractivity contribution is -0.170. The molecular formula is C6H25N5O11S. The van der Waals surface area contributed by atoms with Gasteiger partial charge in [0, 0.05) is 0 Å². The molecule has 16 nitrogen and oxygen atoms in total. The van der Waals surface area contributed by atoms with Gasteiger partial charge in [0.15, 0.2) is 5.60 Å². The van der Waals surface area contributed by atoms with Gasteiger partial charge in [0.2, 0.25) is 0 Å². The minimum atomic E-state index is -4.67. The molecule has 17 heteroatoms. The van der Waals surface area contributed by atoms with E-state index in [0.717, 1.165) is 0 Å². The number of aliphatic carboxylic acids is 3. The topological polar surface area (TPSA) is 382 Å². The third-order valence-electron chi connectivity index (χ3n) is 1.29. The number of carbonyl (C=O) groups is 3. The van der Waals surface area contributed by atoms with Crippen molar-refractivity contribution in [1.29, 1.82) is 0 Å². The van der Waals surface area contributed by atoms with Crippen LogP contribution in [-0.4, -0.2) is 61.5 Å². The van der Waals surface area contributed by atoms with E-state index in [1.54, 1.807) is 0 Å². The molecule has 21 N–H and O–H groups in total. The average Bonchev–Trinajstić information content (AvgIpc) is 1.95. The van der Waals surface area contributed by atoms with E-state index in [4.69, 9.17) is 37.9 Å². The second-order valence-electron chi connectivity index (χ2n) is 2.93. The fourth-order valence-corrected chi connectivity index (χ4v) is 0.714. The van der Waals surface area contributed by atoms with E-state index in [1.165, 1.54) is 0 Å². The van der Waals surface area contributed by atoms with E-state index in [2.05, 4.69) is 0 Å². The Balaban J connectivity index is -0.0000000455. The standard InChI is InChI=1S/C6H8O7.5H3N.H2O4S/c7-3(8)1-6(13,5(11)12)2-4(9)10;;;;;;1-5(2,3)4/h13H,1-2H2,(H,7,8)(H,9,10)(H,11,12);5*1H3;(H2,1,2,3,4).